The van der Waals surface area contributed by atoms with Crippen LogP contribution in [0.5, 0.6) is 0 Å². The molecule has 0 radical (unpaired) electrons. The second-order valence-corrected chi connectivity index (χ2v) is 7.79. The third kappa shape index (κ3) is 4.01. The molecule has 5 rings (SSSR count). The number of para-hydroxylation sites is 2. The number of aliphatic hydroxyl groups excluding tert-OH is 1. The van der Waals surface area contributed by atoms with Crippen LogP contribution in [0, 0.1) is 0 Å². The van der Waals surface area contributed by atoms with Crippen molar-refractivity contribution in [3.63, 3.8) is 0 Å². The van der Waals surface area contributed by atoms with E-state index in [0.29, 0.717) is 13.1 Å². The first kappa shape index (κ1) is 20.0. The van der Waals surface area contributed by atoms with Gasteiger partial charge >= 0.3 is 0 Å². The summed E-state index contributed by atoms with van der Waals surface area (Å²) < 4.78 is 2.18. The molecule has 4 heteroatoms. The molecule has 0 aliphatic heterocycles. The molecular formula is C28H25N3O. The largest absolute Gasteiger partial charge is 0.395 e. The Balaban J connectivity index is 1.52. The number of aliphatic hydroxyl groups is 1. The van der Waals surface area contributed by atoms with Gasteiger partial charge in [0.15, 0.2) is 0 Å². The molecule has 4 nitrogen and oxygen atoms in total. The number of nitrogens with zero attached hydrogens (tertiary/aromatic N) is 3. The fraction of sp³-hybridized carbons (Fsp3) is 0.107. The molecule has 0 saturated carbocycles. The maximum absolute atomic E-state index is 9.54. The number of hydrogen-bond acceptors (Lipinski definition) is 3. The summed E-state index contributed by atoms with van der Waals surface area (Å²) in [7, 11) is 0. The second-order valence-electron chi connectivity index (χ2n) is 7.79. The molecule has 0 spiro atoms. The minimum absolute atomic E-state index is 0.114. The fourth-order valence-corrected chi connectivity index (χ4v) is 4.18. The Morgan fingerprint density at radius 1 is 0.750 bits per heavy atom. The van der Waals surface area contributed by atoms with Crippen molar-refractivity contribution in [3.8, 4) is 0 Å². The molecule has 158 valence electrons. The van der Waals surface area contributed by atoms with Crippen molar-refractivity contribution in [1.29, 1.82) is 0 Å². The highest BCUT2D eigenvalue weighted by molar-refractivity contribution is 6.09. The van der Waals surface area contributed by atoms with Crippen LogP contribution in [0.15, 0.2) is 108 Å². The third-order valence-electron chi connectivity index (χ3n) is 5.70. The lowest BCUT2D eigenvalue weighted by Crippen LogP contribution is -2.16. The maximum Gasteiger partial charge on any atom is 0.0666 e. The van der Waals surface area contributed by atoms with Crippen LogP contribution in [0.4, 0.5) is 5.69 Å². The lowest BCUT2D eigenvalue weighted by Gasteiger charge is -2.19. The summed E-state index contributed by atoms with van der Waals surface area (Å²) in [6.07, 6.45) is 1.92. The van der Waals surface area contributed by atoms with Crippen molar-refractivity contribution >= 4 is 33.7 Å². The van der Waals surface area contributed by atoms with E-state index in [1.165, 1.54) is 16.3 Å². The van der Waals surface area contributed by atoms with E-state index in [-0.39, 0.29) is 6.61 Å². The molecular weight excluding hydrogens is 394 g/mol. The van der Waals surface area contributed by atoms with Crippen molar-refractivity contribution in [2.45, 2.75) is 13.1 Å². The number of aromatic nitrogens is 1. The number of hydrazone groups is 1. The molecule has 0 saturated heterocycles. The molecule has 0 amide bonds. The Hall–Kier alpha value is -3.89. The molecule has 0 aliphatic rings. The summed E-state index contributed by atoms with van der Waals surface area (Å²) in [5.74, 6) is 0. The Kier molecular flexibility index (Phi) is 5.69. The molecule has 0 unspecified atom stereocenters. The molecule has 32 heavy (non-hydrogen) atoms. The minimum atomic E-state index is 0.114. The van der Waals surface area contributed by atoms with Crippen LogP contribution in [-0.2, 0) is 13.1 Å². The quantitative estimate of drug-likeness (QED) is 0.266. The van der Waals surface area contributed by atoms with Crippen molar-refractivity contribution in [3.05, 3.63) is 114 Å². The van der Waals surface area contributed by atoms with Crippen molar-refractivity contribution < 1.29 is 5.11 Å². The average Bonchev–Trinajstić information content (AvgIpc) is 3.16. The standard InChI is InChI=1S/C28H25N3O/c32-18-17-30-27-14-8-7-13-25(27)26-19-23(15-16-28(26)30)20-29-31(24-11-5-2-6-12-24)21-22-9-3-1-4-10-22/h1-16,19-20,32H,17-18,21H2. The molecule has 5 aromatic rings. The normalized spacial score (nSPS) is 11.5. The SMILES string of the molecule is OCCn1c2ccccc2c2cc(C=NN(Cc3ccccc3)c3ccccc3)ccc21. The number of benzene rings is 4. The zero-order chi connectivity index (χ0) is 21.8. The highest BCUT2D eigenvalue weighted by atomic mass is 16.3. The van der Waals surface area contributed by atoms with E-state index in [0.717, 1.165) is 22.3 Å². The van der Waals surface area contributed by atoms with Crippen LogP contribution in [0.1, 0.15) is 11.1 Å². The Morgan fingerprint density at radius 2 is 1.44 bits per heavy atom. The first-order chi connectivity index (χ1) is 15.8. The van der Waals surface area contributed by atoms with E-state index in [1.54, 1.807) is 0 Å². The Labute approximate surface area is 187 Å². The molecule has 4 aromatic carbocycles. The van der Waals surface area contributed by atoms with E-state index >= 15 is 0 Å². The van der Waals surface area contributed by atoms with Gasteiger partial charge in [0.2, 0.25) is 0 Å². The van der Waals surface area contributed by atoms with Crippen molar-refractivity contribution in [1.82, 2.24) is 4.57 Å². The number of rotatable bonds is 7. The van der Waals surface area contributed by atoms with Crippen molar-refractivity contribution in [2.75, 3.05) is 11.6 Å². The fourth-order valence-electron chi connectivity index (χ4n) is 4.18. The van der Waals surface area contributed by atoms with Gasteiger partial charge < -0.3 is 9.67 Å². The Morgan fingerprint density at radius 3 is 2.22 bits per heavy atom. The predicted molar refractivity (Wildman–Crippen MR) is 133 cm³/mol. The summed E-state index contributed by atoms with van der Waals surface area (Å²) >= 11 is 0. The summed E-state index contributed by atoms with van der Waals surface area (Å²) in [4.78, 5) is 0. The molecule has 1 N–H and O–H groups in total. The first-order valence-electron chi connectivity index (χ1n) is 10.9. The van der Waals surface area contributed by atoms with Crippen LogP contribution in [0.25, 0.3) is 21.8 Å². The zero-order valence-electron chi connectivity index (χ0n) is 17.8. The van der Waals surface area contributed by atoms with Gasteiger partial charge in [0.1, 0.15) is 0 Å². The van der Waals surface area contributed by atoms with Crippen LogP contribution in [0.2, 0.25) is 0 Å². The van der Waals surface area contributed by atoms with E-state index < -0.39 is 0 Å². The lowest BCUT2D eigenvalue weighted by atomic mass is 10.1. The van der Waals surface area contributed by atoms with Crippen LogP contribution in [-0.4, -0.2) is 22.5 Å². The van der Waals surface area contributed by atoms with Gasteiger partial charge in [-0.25, -0.2) is 0 Å². The van der Waals surface area contributed by atoms with E-state index in [9.17, 15) is 5.11 Å². The summed E-state index contributed by atoms with van der Waals surface area (Å²) in [5, 5.41) is 18.8. The highest BCUT2D eigenvalue weighted by Gasteiger charge is 2.10. The molecule has 1 aromatic heterocycles. The van der Waals surface area contributed by atoms with E-state index in [4.69, 9.17) is 5.10 Å². The topological polar surface area (TPSA) is 40.8 Å². The molecule has 0 bridgehead atoms. The van der Waals surface area contributed by atoms with Gasteiger partial charge in [-0.2, -0.15) is 5.10 Å². The average molecular weight is 420 g/mol. The predicted octanol–water partition coefficient (Wildman–Crippen LogP) is 5.83. The lowest BCUT2D eigenvalue weighted by molar-refractivity contribution is 0.280. The van der Waals surface area contributed by atoms with Crippen LogP contribution >= 0.6 is 0 Å². The van der Waals surface area contributed by atoms with Gasteiger partial charge in [0, 0.05) is 28.4 Å². The molecule has 0 aliphatic carbocycles. The number of hydrogen-bond donors (Lipinski definition) is 1. The number of anilines is 1. The monoisotopic (exact) mass is 419 g/mol. The first-order valence-corrected chi connectivity index (χ1v) is 10.9. The van der Waals surface area contributed by atoms with Gasteiger partial charge in [0.25, 0.3) is 0 Å². The second kappa shape index (κ2) is 9.08. The van der Waals surface area contributed by atoms with Gasteiger partial charge in [0.05, 0.1) is 25.1 Å². The minimum Gasteiger partial charge on any atom is -0.395 e. The van der Waals surface area contributed by atoms with Gasteiger partial charge in [-0.05, 0) is 41.5 Å². The number of fused-ring (bicyclic) bond motifs is 3. The maximum atomic E-state index is 9.54. The van der Waals surface area contributed by atoms with Crippen LogP contribution in [0.3, 0.4) is 0 Å². The summed E-state index contributed by atoms with van der Waals surface area (Å²) in [5.41, 5.74) is 5.56. The zero-order valence-corrected chi connectivity index (χ0v) is 17.8. The molecule has 1 heterocycles. The Bertz CT molecular complexity index is 1360. The molecule has 0 atom stereocenters. The van der Waals surface area contributed by atoms with Gasteiger partial charge in [-0.15, -0.1) is 0 Å². The third-order valence-corrected chi connectivity index (χ3v) is 5.70. The van der Waals surface area contributed by atoms with Gasteiger partial charge in [-0.1, -0.05) is 72.8 Å². The summed E-state index contributed by atoms with van der Waals surface area (Å²) in [6, 6.07) is 35.3. The molecule has 0 fully saturated rings. The van der Waals surface area contributed by atoms with E-state index in [1.807, 2.05) is 41.6 Å². The smallest absolute Gasteiger partial charge is 0.0666 e. The van der Waals surface area contributed by atoms with Crippen LogP contribution < -0.4 is 5.01 Å². The van der Waals surface area contributed by atoms with Crippen molar-refractivity contribution in [2.24, 2.45) is 5.10 Å². The van der Waals surface area contributed by atoms with Gasteiger partial charge in [-0.3, -0.25) is 5.01 Å². The van der Waals surface area contributed by atoms with E-state index in [2.05, 4.69) is 77.4 Å². The highest BCUT2D eigenvalue weighted by Crippen LogP contribution is 2.29. The summed E-state index contributed by atoms with van der Waals surface area (Å²) in [6.45, 7) is 1.39.